The van der Waals surface area contributed by atoms with E-state index >= 15 is 0 Å². The SMILES string of the molecule is CC(=O)O.CC(=O)O.CC(=O)O.CO[SiH](OC)C(C)CCNCCN. The van der Waals surface area contributed by atoms with E-state index in [1.807, 2.05) is 0 Å². The number of carboxylic acids is 3. The van der Waals surface area contributed by atoms with Gasteiger partial charge in [-0.25, -0.2) is 0 Å². The highest BCUT2D eigenvalue weighted by molar-refractivity contribution is 6.46. The van der Waals surface area contributed by atoms with Crippen LogP contribution in [0.4, 0.5) is 0 Å². The first kappa shape index (κ1) is 31.3. The van der Waals surface area contributed by atoms with Gasteiger partial charge in [0.15, 0.2) is 0 Å². The van der Waals surface area contributed by atoms with Gasteiger partial charge >= 0.3 is 9.28 Å². The minimum Gasteiger partial charge on any atom is -0.481 e. The molecule has 0 aromatic heterocycles. The molecule has 0 aromatic rings. The van der Waals surface area contributed by atoms with Crippen LogP contribution in [0, 0.1) is 0 Å². The van der Waals surface area contributed by atoms with E-state index in [0.29, 0.717) is 12.1 Å². The molecule has 0 heterocycles. The predicted molar refractivity (Wildman–Crippen MR) is 97.1 cm³/mol. The van der Waals surface area contributed by atoms with Crippen molar-refractivity contribution in [3.8, 4) is 0 Å². The summed E-state index contributed by atoms with van der Waals surface area (Å²) in [7, 11) is 2.04. The molecule has 0 aliphatic rings. The Labute approximate surface area is 151 Å². The average molecular weight is 387 g/mol. The Bertz CT molecular complexity index is 287. The maximum absolute atomic E-state index is 9.00. The summed E-state index contributed by atoms with van der Waals surface area (Å²) < 4.78 is 10.6. The van der Waals surface area contributed by atoms with Gasteiger partial charge in [0, 0.05) is 48.1 Å². The normalized spacial score (nSPS) is 10.1. The predicted octanol–water partition coefficient (Wildman–Crippen LogP) is 0.101. The molecule has 0 saturated heterocycles. The molecule has 0 aliphatic carbocycles. The molecule has 1 atom stereocenters. The molecule has 0 aliphatic heterocycles. The summed E-state index contributed by atoms with van der Waals surface area (Å²) in [6.45, 7) is 8.01. The van der Waals surface area contributed by atoms with Crippen molar-refractivity contribution < 1.29 is 38.6 Å². The standard InChI is InChI=1S/C8H22N2O2Si.3C2H4O2/c1-8(13(11-2)12-3)4-6-10-7-5-9;3*1-2(3)4/h8,10,13H,4-7,9H2,1-3H3;3*1H3,(H,3,4). The van der Waals surface area contributed by atoms with Crippen molar-refractivity contribution in [2.75, 3.05) is 33.9 Å². The van der Waals surface area contributed by atoms with Gasteiger partial charge in [-0.2, -0.15) is 0 Å². The third-order valence-electron chi connectivity index (χ3n) is 2.03. The fourth-order valence-corrected chi connectivity index (χ4v) is 2.81. The Morgan fingerprint density at radius 1 is 0.960 bits per heavy atom. The van der Waals surface area contributed by atoms with E-state index in [9.17, 15) is 0 Å². The lowest BCUT2D eigenvalue weighted by molar-refractivity contribution is -0.135. The number of nitrogens with one attached hydrogen (secondary N) is 1. The van der Waals surface area contributed by atoms with Gasteiger partial charge in [-0.15, -0.1) is 0 Å². The van der Waals surface area contributed by atoms with Gasteiger partial charge < -0.3 is 35.2 Å². The van der Waals surface area contributed by atoms with Crippen LogP contribution in [-0.4, -0.2) is 76.4 Å². The van der Waals surface area contributed by atoms with Crippen LogP contribution in [0.1, 0.15) is 34.1 Å². The van der Waals surface area contributed by atoms with Crippen molar-refractivity contribution in [3.63, 3.8) is 0 Å². The topological polar surface area (TPSA) is 168 Å². The van der Waals surface area contributed by atoms with E-state index < -0.39 is 27.2 Å². The molecule has 152 valence electrons. The van der Waals surface area contributed by atoms with E-state index in [1.165, 1.54) is 0 Å². The van der Waals surface area contributed by atoms with Crippen LogP contribution in [-0.2, 0) is 23.2 Å². The third-order valence-corrected chi connectivity index (χ3v) is 4.22. The van der Waals surface area contributed by atoms with Crippen molar-refractivity contribution in [3.05, 3.63) is 0 Å². The Morgan fingerprint density at radius 3 is 1.52 bits per heavy atom. The lowest BCUT2D eigenvalue weighted by atomic mass is 10.3. The van der Waals surface area contributed by atoms with Crippen molar-refractivity contribution in [1.82, 2.24) is 5.32 Å². The monoisotopic (exact) mass is 386 g/mol. The highest BCUT2D eigenvalue weighted by Gasteiger charge is 2.18. The van der Waals surface area contributed by atoms with Gasteiger partial charge in [-0.1, -0.05) is 6.92 Å². The molecule has 0 fully saturated rings. The van der Waals surface area contributed by atoms with Crippen LogP contribution in [0.25, 0.3) is 0 Å². The Kier molecular flexibility index (Phi) is 30.9. The zero-order valence-corrected chi connectivity index (χ0v) is 17.1. The summed E-state index contributed by atoms with van der Waals surface area (Å²) in [6.07, 6.45) is 1.10. The second-order valence-corrected chi connectivity index (χ2v) is 7.52. The maximum Gasteiger partial charge on any atom is 0.323 e. The number of carboxylic acid groups (broad SMARTS) is 3. The molecule has 0 aromatic carbocycles. The zero-order valence-electron chi connectivity index (χ0n) is 15.9. The lowest BCUT2D eigenvalue weighted by Crippen LogP contribution is -2.29. The molecule has 0 amide bonds. The quantitative estimate of drug-likeness (QED) is 0.285. The highest BCUT2D eigenvalue weighted by Crippen LogP contribution is 2.13. The lowest BCUT2D eigenvalue weighted by Gasteiger charge is -2.18. The third kappa shape index (κ3) is 60.6. The molecule has 10 nitrogen and oxygen atoms in total. The largest absolute Gasteiger partial charge is 0.481 e. The molecule has 0 radical (unpaired) electrons. The van der Waals surface area contributed by atoms with Crippen LogP contribution in [0.15, 0.2) is 0 Å². The number of nitrogens with two attached hydrogens (primary N) is 1. The van der Waals surface area contributed by atoms with E-state index in [4.69, 9.17) is 44.3 Å². The van der Waals surface area contributed by atoms with Crippen molar-refractivity contribution in [2.45, 2.75) is 39.7 Å². The molecule has 0 saturated carbocycles. The minimum atomic E-state index is -1.41. The van der Waals surface area contributed by atoms with Gasteiger partial charge in [-0.3, -0.25) is 14.4 Å². The molecule has 0 bridgehead atoms. The van der Waals surface area contributed by atoms with E-state index in [1.54, 1.807) is 14.2 Å². The molecular formula is C14H34N2O8Si. The number of rotatable bonds is 8. The van der Waals surface area contributed by atoms with Crippen molar-refractivity contribution in [1.29, 1.82) is 0 Å². The zero-order chi connectivity index (χ0) is 20.8. The Morgan fingerprint density at radius 2 is 1.28 bits per heavy atom. The second kappa shape index (κ2) is 24.7. The number of hydrogen-bond donors (Lipinski definition) is 5. The first-order valence-electron chi connectivity index (χ1n) is 7.51. The van der Waals surface area contributed by atoms with Crippen LogP contribution in [0.3, 0.4) is 0 Å². The van der Waals surface area contributed by atoms with Gasteiger partial charge in [0.25, 0.3) is 17.9 Å². The smallest absolute Gasteiger partial charge is 0.323 e. The number of aliphatic carboxylic acids is 3. The molecule has 6 N–H and O–H groups in total. The van der Waals surface area contributed by atoms with Gasteiger partial charge in [0.1, 0.15) is 0 Å². The number of carbonyl (C=O) groups is 3. The molecule has 11 heteroatoms. The summed E-state index contributed by atoms with van der Waals surface area (Å²) in [5, 5.41) is 25.5. The van der Waals surface area contributed by atoms with Gasteiger partial charge in [-0.05, 0) is 18.5 Å². The van der Waals surface area contributed by atoms with Gasteiger partial charge in [0.2, 0.25) is 0 Å². The van der Waals surface area contributed by atoms with Crippen molar-refractivity contribution in [2.24, 2.45) is 5.73 Å². The van der Waals surface area contributed by atoms with Crippen LogP contribution in [0.5, 0.6) is 0 Å². The van der Waals surface area contributed by atoms with Gasteiger partial charge in [0.05, 0.1) is 0 Å². The molecule has 25 heavy (non-hydrogen) atoms. The molecule has 0 rings (SSSR count). The second-order valence-electron chi connectivity index (χ2n) is 4.70. The van der Waals surface area contributed by atoms with Crippen LogP contribution < -0.4 is 11.1 Å². The summed E-state index contributed by atoms with van der Waals surface area (Å²) in [6, 6.07) is 0. The summed E-state index contributed by atoms with van der Waals surface area (Å²) in [4.78, 5) is 27.0. The first-order chi connectivity index (χ1) is 11.5. The minimum absolute atomic E-state index is 0.542. The summed E-state index contributed by atoms with van der Waals surface area (Å²) in [5.74, 6) is -2.50. The highest BCUT2D eigenvalue weighted by atomic mass is 28.3. The molecule has 0 spiro atoms. The summed E-state index contributed by atoms with van der Waals surface area (Å²) >= 11 is 0. The summed E-state index contributed by atoms with van der Waals surface area (Å²) in [5.41, 5.74) is 5.90. The first-order valence-corrected chi connectivity index (χ1v) is 9.11. The van der Waals surface area contributed by atoms with E-state index in [0.717, 1.165) is 40.3 Å². The van der Waals surface area contributed by atoms with E-state index in [-0.39, 0.29) is 0 Å². The maximum atomic E-state index is 9.00. The Balaban J connectivity index is -0.000000150. The number of hydrogen-bond acceptors (Lipinski definition) is 7. The molecular weight excluding hydrogens is 352 g/mol. The molecule has 1 unspecified atom stereocenters. The fourth-order valence-electron chi connectivity index (χ4n) is 1.25. The van der Waals surface area contributed by atoms with Crippen molar-refractivity contribution >= 4 is 27.2 Å². The fraction of sp³-hybridized carbons (Fsp3) is 0.786. The van der Waals surface area contributed by atoms with E-state index in [2.05, 4.69) is 12.2 Å². The Hall–Kier alpha value is -1.53. The average Bonchev–Trinajstić information content (AvgIpc) is 2.43. The van der Waals surface area contributed by atoms with Crippen LogP contribution in [0.2, 0.25) is 5.54 Å². The van der Waals surface area contributed by atoms with Crippen LogP contribution >= 0.6 is 0 Å².